The van der Waals surface area contributed by atoms with Crippen LogP contribution in [0.25, 0.3) is 0 Å². The standard InChI is InChI=1S/C22H29ClN6O2.ClH/c1-31-16-6-4-14(5-7-16)3-2-10-29-11-8-15(9-12-29)17(13-29)26-22(30)18-20(24)28-21(25)19(23)27-18;/h4-7,15,17H,2-3,8-13H2,1H3,(H4-,24,25,26,28,30);1H/t15?,17-,29?;/m1./s1. The van der Waals surface area contributed by atoms with Gasteiger partial charge in [0.1, 0.15) is 5.75 Å². The Kier molecular flexibility index (Phi) is 7.69. The van der Waals surface area contributed by atoms with Crippen molar-refractivity contribution >= 4 is 29.1 Å². The van der Waals surface area contributed by atoms with Gasteiger partial charge in [-0.25, -0.2) is 9.97 Å². The number of quaternary nitrogens is 1. The second-order valence-corrected chi connectivity index (χ2v) is 9.06. The molecule has 0 radical (unpaired) electrons. The maximum absolute atomic E-state index is 12.8. The van der Waals surface area contributed by atoms with Crippen molar-refractivity contribution in [2.75, 3.05) is 44.8 Å². The Morgan fingerprint density at radius 3 is 2.53 bits per heavy atom. The highest BCUT2D eigenvalue weighted by Crippen LogP contribution is 2.34. The van der Waals surface area contributed by atoms with E-state index in [9.17, 15) is 4.79 Å². The quantitative estimate of drug-likeness (QED) is 0.450. The molecule has 5 N–H and O–H groups in total. The maximum Gasteiger partial charge on any atom is 0.274 e. The zero-order chi connectivity index (χ0) is 22.0. The average Bonchev–Trinajstić information content (AvgIpc) is 2.77. The van der Waals surface area contributed by atoms with Crippen molar-refractivity contribution in [2.24, 2.45) is 5.92 Å². The molecule has 1 amide bonds. The zero-order valence-electron chi connectivity index (χ0n) is 18.2. The molecule has 0 aliphatic carbocycles. The summed E-state index contributed by atoms with van der Waals surface area (Å²) in [5.74, 6) is 1.07. The van der Waals surface area contributed by atoms with E-state index in [0.717, 1.165) is 49.0 Å². The second kappa shape index (κ2) is 10.1. The summed E-state index contributed by atoms with van der Waals surface area (Å²) in [5, 5.41) is 3.14. The topological polar surface area (TPSA) is 116 Å². The van der Waals surface area contributed by atoms with Gasteiger partial charge in [0, 0.05) is 19.3 Å². The molecule has 3 aliphatic rings. The van der Waals surface area contributed by atoms with E-state index in [-0.39, 0.29) is 46.8 Å². The van der Waals surface area contributed by atoms with Crippen molar-refractivity contribution in [2.45, 2.75) is 31.7 Å². The minimum Gasteiger partial charge on any atom is -1.00 e. The summed E-state index contributed by atoms with van der Waals surface area (Å²) < 4.78 is 6.29. The Morgan fingerprint density at radius 2 is 1.88 bits per heavy atom. The highest BCUT2D eigenvalue weighted by atomic mass is 35.5. The van der Waals surface area contributed by atoms with E-state index in [4.69, 9.17) is 27.8 Å². The Balaban J connectivity index is 0.00000289. The number of aromatic nitrogens is 2. The maximum atomic E-state index is 12.8. The molecular formula is C22H30Cl2N6O2. The van der Waals surface area contributed by atoms with Crippen molar-refractivity contribution in [1.29, 1.82) is 0 Å². The number of aryl methyl sites for hydroxylation is 1. The lowest BCUT2D eigenvalue weighted by atomic mass is 9.81. The van der Waals surface area contributed by atoms with Crippen LogP contribution in [0.15, 0.2) is 24.3 Å². The number of hydrogen-bond acceptors (Lipinski definition) is 6. The van der Waals surface area contributed by atoms with E-state index in [1.54, 1.807) is 7.11 Å². The number of nitrogens with one attached hydrogen (secondary N) is 1. The lowest BCUT2D eigenvalue weighted by molar-refractivity contribution is -0.944. The lowest BCUT2D eigenvalue weighted by Gasteiger charge is -2.52. The summed E-state index contributed by atoms with van der Waals surface area (Å²) in [5.41, 5.74) is 12.8. The number of nitrogens with two attached hydrogens (primary N) is 2. The molecule has 32 heavy (non-hydrogen) atoms. The lowest BCUT2D eigenvalue weighted by Crippen LogP contribution is -3.00. The van der Waals surface area contributed by atoms with E-state index in [2.05, 4.69) is 27.4 Å². The van der Waals surface area contributed by atoms with Gasteiger partial charge in [-0.2, -0.15) is 0 Å². The van der Waals surface area contributed by atoms with Gasteiger partial charge >= 0.3 is 0 Å². The first-order valence-corrected chi connectivity index (χ1v) is 11.1. The molecule has 1 aromatic carbocycles. The molecule has 174 valence electrons. The van der Waals surface area contributed by atoms with E-state index in [0.29, 0.717) is 5.92 Å². The van der Waals surface area contributed by atoms with Gasteiger partial charge in [-0.15, -0.1) is 0 Å². The molecule has 10 heteroatoms. The Morgan fingerprint density at radius 1 is 1.19 bits per heavy atom. The van der Waals surface area contributed by atoms with Crippen LogP contribution in [0.1, 0.15) is 35.3 Å². The third-order valence-corrected chi connectivity index (χ3v) is 7.07. The minimum absolute atomic E-state index is 0. The largest absolute Gasteiger partial charge is 1.00 e. The molecular weight excluding hydrogens is 451 g/mol. The van der Waals surface area contributed by atoms with E-state index in [1.807, 2.05) is 12.1 Å². The van der Waals surface area contributed by atoms with Crippen LogP contribution in [-0.4, -0.2) is 59.7 Å². The Labute approximate surface area is 199 Å². The van der Waals surface area contributed by atoms with Crippen LogP contribution in [0.3, 0.4) is 0 Å². The summed E-state index contributed by atoms with van der Waals surface area (Å²) in [6.07, 6.45) is 4.40. The highest BCUT2D eigenvalue weighted by Gasteiger charge is 2.46. The van der Waals surface area contributed by atoms with Crippen molar-refractivity contribution in [3.63, 3.8) is 0 Å². The van der Waals surface area contributed by atoms with Crippen molar-refractivity contribution in [3.05, 3.63) is 40.7 Å². The fourth-order valence-corrected chi connectivity index (χ4v) is 5.15. The normalized spacial score (nSPS) is 23.9. The Hall–Kier alpha value is -2.29. The molecule has 3 saturated heterocycles. The van der Waals surface area contributed by atoms with Crippen LogP contribution in [0.5, 0.6) is 5.75 Å². The van der Waals surface area contributed by atoms with Gasteiger partial charge in [-0.05, 0) is 30.0 Å². The van der Waals surface area contributed by atoms with Crippen molar-refractivity contribution in [3.8, 4) is 5.75 Å². The molecule has 3 aliphatic heterocycles. The molecule has 2 bridgehead atoms. The monoisotopic (exact) mass is 480 g/mol. The van der Waals surface area contributed by atoms with E-state index >= 15 is 0 Å². The third kappa shape index (κ3) is 5.19. The van der Waals surface area contributed by atoms with Gasteiger partial charge in [-0.1, -0.05) is 23.7 Å². The molecule has 0 saturated carbocycles. The van der Waals surface area contributed by atoms with Crippen LogP contribution < -0.4 is 33.9 Å². The Bertz CT molecular complexity index is 948. The summed E-state index contributed by atoms with van der Waals surface area (Å²) in [7, 11) is 1.68. The molecule has 2 aromatic rings. The summed E-state index contributed by atoms with van der Waals surface area (Å²) in [6.45, 7) is 4.40. The summed E-state index contributed by atoms with van der Waals surface area (Å²) in [6, 6.07) is 8.39. The molecule has 8 nitrogen and oxygen atoms in total. The van der Waals surface area contributed by atoms with Gasteiger partial charge in [0.2, 0.25) is 0 Å². The first-order valence-electron chi connectivity index (χ1n) is 10.8. The predicted molar refractivity (Wildman–Crippen MR) is 121 cm³/mol. The number of anilines is 2. The summed E-state index contributed by atoms with van der Waals surface area (Å²) in [4.78, 5) is 20.8. The van der Waals surface area contributed by atoms with Gasteiger partial charge in [0.15, 0.2) is 22.5 Å². The summed E-state index contributed by atoms with van der Waals surface area (Å²) >= 11 is 5.94. The fraction of sp³-hybridized carbons (Fsp3) is 0.500. The number of amides is 1. The van der Waals surface area contributed by atoms with Crippen molar-refractivity contribution < 1.29 is 26.4 Å². The number of rotatable bonds is 7. The third-order valence-electron chi connectivity index (χ3n) is 6.79. The molecule has 1 aromatic heterocycles. The zero-order valence-corrected chi connectivity index (χ0v) is 19.7. The van der Waals surface area contributed by atoms with Crippen LogP contribution in [0.2, 0.25) is 5.15 Å². The first kappa shape index (κ1) is 24.4. The fourth-order valence-electron chi connectivity index (χ4n) is 5.02. The molecule has 4 heterocycles. The highest BCUT2D eigenvalue weighted by molar-refractivity contribution is 6.31. The number of nitrogen functional groups attached to an aromatic ring is 2. The van der Waals surface area contributed by atoms with Gasteiger partial charge < -0.3 is 38.4 Å². The number of carbonyl (C=O) groups excluding carboxylic acids is 1. The van der Waals surface area contributed by atoms with E-state index in [1.165, 1.54) is 18.7 Å². The van der Waals surface area contributed by atoms with E-state index < -0.39 is 0 Å². The number of hydrogen-bond donors (Lipinski definition) is 3. The molecule has 1 atom stereocenters. The number of fused-ring (bicyclic) bond motifs is 3. The molecule has 5 rings (SSSR count). The smallest absolute Gasteiger partial charge is 0.274 e. The van der Waals surface area contributed by atoms with Crippen LogP contribution in [-0.2, 0) is 6.42 Å². The number of piperidine rings is 3. The van der Waals surface area contributed by atoms with Gasteiger partial charge in [-0.3, -0.25) is 4.79 Å². The number of nitrogens with zero attached hydrogens (tertiary/aromatic N) is 3. The van der Waals surface area contributed by atoms with Gasteiger partial charge in [0.25, 0.3) is 5.91 Å². The number of carbonyl (C=O) groups is 1. The SMILES string of the molecule is COc1ccc(CCC[N+]23CCC(CC2)[C@H](NC(=O)c2nc(Cl)c(N)nc2N)C3)cc1.[Cl-]. The van der Waals surface area contributed by atoms with Crippen LogP contribution in [0.4, 0.5) is 11.6 Å². The predicted octanol–water partition coefficient (Wildman–Crippen LogP) is -0.721. The minimum atomic E-state index is -0.331. The average molecular weight is 481 g/mol. The number of ether oxygens (including phenoxy) is 1. The number of benzene rings is 1. The second-order valence-electron chi connectivity index (χ2n) is 8.70. The molecule has 3 fully saturated rings. The number of methoxy groups -OCH3 is 1. The van der Waals surface area contributed by atoms with Crippen molar-refractivity contribution in [1.82, 2.24) is 15.3 Å². The van der Waals surface area contributed by atoms with Crippen LogP contribution >= 0.6 is 11.6 Å². The van der Waals surface area contributed by atoms with Gasteiger partial charge in [0.05, 0.1) is 39.3 Å². The number of halogens is 2. The molecule has 0 spiro atoms. The van der Waals surface area contributed by atoms with Crippen LogP contribution in [0, 0.1) is 5.92 Å². The first-order chi connectivity index (χ1) is 14.9. The molecule has 0 unspecified atom stereocenters.